The molecule has 0 aromatic heterocycles. The maximum absolute atomic E-state index is 3.68. The molecule has 0 saturated carbocycles. The van der Waals surface area contributed by atoms with Crippen LogP contribution < -0.4 is 4.90 Å². The summed E-state index contributed by atoms with van der Waals surface area (Å²) in [6.45, 7) is 4.86. The summed E-state index contributed by atoms with van der Waals surface area (Å²) in [5.41, 5.74) is 1.40. The van der Waals surface area contributed by atoms with Gasteiger partial charge in [0, 0.05) is 41.2 Å². The maximum Gasteiger partial charge on any atom is 0.0447 e. The van der Waals surface area contributed by atoms with Gasteiger partial charge in [0.15, 0.2) is 0 Å². The van der Waals surface area contributed by atoms with Crippen LogP contribution in [0.4, 0.5) is 5.69 Å². The van der Waals surface area contributed by atoms with Crippen LogP contribution in [0.1, 0.15) is 19.3 Å². The van der Waals surface area contributed by atoms with Crippen molar-refractivity contribution in [2.45, 2.75) is 25.3 Å². The zero-order valence-electron chi connectivity index (χ0n) is 12.3. The number of rotatable bonds is 1. The molecular weight excluding hydrogens is 324 g/mol. The number of nitrogens with zero attached hydrogens (tertiary/aromatic N) is 2. The van der Waals surface area contributed by atoms with Gasteiger partial charge >= 0.3 is 0 Å². The number of hydrogen-bond acceptors (Lipinski definition) is 2. The Bertz CT molecular complexity index is 655. The molecule has 0 spiro atoms. The van der Waals surface area contributed by atoms with Gasteiger partial charge in [-0.15, -0.1) is 0 Å². The van der Waals surface area contributed by atoms with Crippen LogP contribution in [0.2, 0.25) is 0 Å². The van der Waals surface area contributed by atoms with Crippen molar-refractivity contribution in [3.05, 3.63) is 40.9 Å². The molecule has 2 aliphatic rings. The highest BCUT2D eigenvalue weighted by Crippen LogP contribution is 2.34. The predicted molar refractivity (Wildman–Crippen MR) is 93.1 cm³/mol. The molecule has 2 saturated heterocycles. The Balaban J connectivity index is 1.69. The highest BCUT2D eigenvalue weighted by atomic mass is 79.9. The first-order chi connectivity index (χ1) is 10.3. The van der Waals surface area contributed by atoms with Gasteiger partial charge in [0.1, 0.15) is 0 Å². The highest BCUT2D eigenvalue weighted by molar-refractivity contribution is 9.10. The molecule has 4 rings (SSSR count). The van der Waals surface area contributed by atoms with Gasteiger partial charge in [0.05, 0.1) is 0 Å². The Morgan fingerprint density at radius 3 is 2.67 bits per heavy atom. The van der Waals surface area contributed by atoms with Crippen molar-refractivity contribution < 1.29 is 0 Å². The normalized spacial score (nSPS) is 23.3. The van der Waals surface area contributed by atoms with Crippen LogP contribution in [-0.2, 0) is 0 Å². The maximum atomic E-state index is 3.68. The summed E-state index contributed by atoms with van der Waals surface area (Å²) in [7, 11) is 0. The number of piperazine rings is 1. The molecule has 21 heavy (non-hydrogen) atoms. The topological polar surface area (TPSA) is 6.48 Å². The average Bonchev–Trinajstić information content (AvgIpc) is 2.55. The van der Waals surface area contributed by atoms with Gasteiger partial charge in [-0.1, -0.05) is 46.6 Å². The molecule has 0 aliphatic carbocycles. The lowest BCUT2D eigenvalue weighted by Crippen LogP contribution is -2.54. The van der Waals surface area contributed by atoms with Gasteiger partial charge in [0.25, 0.3) is 0 Å². The van der Waals surface area contributed by atoms with Crippen LogP contribution in [0.15, 0.2) is 40.9 Å². The van der Waals surface area contributed by atoms with Gasteiger partial charge in [-0.2, -0.15) is 0 Å². The van der Waals surface area contributed by atoms with Gasteiger partial charge in [-0.05, 0) is 36.9 Å². The quantitative estimate of drug-likeness (QED) is 0.761. The van der Waals surface area contributed by atoms with E-state index in [9.17, 15) is 0 Å². The molecule has 110 valence electrons. The van der Waals surface area contributed by atoms with E-state index in [4.69, 9.17) is 0 Å². The first-order valence-corrected chi connectivity index (χ1v) is 8.78. The van der Waals surface area contributed by atoms with Crippen LogP contribution in [0.25, 0.3) is 10.8 Å². The van der Waals surface area contributed by atoms with Gasteiger partial charge < -0.3 is 4.90 Å². The summed E-state index contributed by atoms with van der Waals surface area (Å²) in [4.78, 5) is 5.29. The molecule has 1 unspecified atom stereocenters. The van der Waals surface area contributed by atoms with Crippen molar-refractivity contribution in [3.8, 4) is 0 Å². The molecule has 2 nitrogen and oxygen atoms in total. The van der Waals surface area contributed by atoms with E-state index in [1.54, 1.807) is 0 Å². The van der Waals surface area contributed by atoms with Crippen molar-refractivity contribution in [3.63, 3.8) is 0 Å². The summed E-state index contributed by atoms with van der Waals surface area (Å²) in [5, 5.41) is 2.69. The van der Waals surface area contributed by atoms with Gasteiger partial charge in [-0.3, -0.25) is 4.90 Å². The van der Waals surface area contributed by atoms with E-state index < -0.39 is 0 Å². The third-order valence-electron chi connectivity index (χ3n) is 5.03. The number of benzene rings is 2. The number of piperidine rings is 1. The minimum atomic E-state index is 0.759. The van der Waals surface area contributed by atoms with Gasteiger partial charge in [0.2, 0.25) is 0 Å². The Hall–Kier alpha value is -1.06. The summed E-state index contributed by atoms with van der Waals surface area (Å²) in [6, 6.07) is 14.0. The van der Waals surface area contributed by atoms with Crippen LogP contribution in [-0.4, -0.2) is 37.1 Å². The number of anilines is 1. The largest absolute Gasteiger partial charge is 0.368 e. The lowest BCUT2D eigenvalue weighted by Gasteiger charge is -2.45. The standard InChI is InChI=1S/C18H21BrN2/c19-17-8-9-18(16-7-2-1-6-15(16)17)21-12-11-20-10-4-3-5-14(20)13-21/h1-2,6-9,14H,3-5,10-13H2. The third-order valence-corrected chi connectivity index (χ3v) is 5.72. The minimum absolute atomic E-state index is 0.759. The Morgan fingerprint density at radius 1 is 0.905 bits per heavy atom. The third kappa shape index (κ3) is 2.47. The van der Waals surface area contributed by atoms with Gasteiger partial charge in [-0.25, -0.2) is 0 Å². The predicted octanol–water partition coefficient (Wildman–Crippen LogP) is 4.28. The van der Waals surface area contributed by atoms with E-state index >= 15 is 0 Å². The van der Waals surface area contributed by atoms with Crippen LogP contribution in [0.5, 0.6) is 0 Å². The van der Waals surface area contributed by atoms with Crippen LogP contribution >= 0.6 is 15.9 Å². The van der Waals surface area contributed by atoms with Crippen molar-refractivity contribution in [2.24, 2.45) is 0 Å². The molecule has 0 amide bonds. The van der Waals surface area contributed by atoms with E-state index in [0.717, 1.165) is 12.6 Å². The lowest BCUT2D eigenvalue weighted by molar-refractivity contribution is 0.133. The molecular formula is C18H21BrN2. The zero-order chi connectivity index (χ0) is 14.2. The fourth-order valence-electron chi connectivity index (χ4n) is 3.90. The lowest BCUT2D eigenvalue weighted by atomic mass is 9.98. The zero-order valence-corrected chi connectivity index (χ0v) is 13.8. The highest BCUT2D eigenvalue weighted by Gasteiger charge is 2.29. The van der Waals surface area contributed by atoms with E-state index in [2.05, 4.69) is 62.1 Å². The van der Waals surface area contributed by atoms with Crippen LogP contribution in [0.3, 0.4) is 0 Å². The average molecular weight is 345 g/mol. The first kappa shape index (κ1) is 13.6. The van der Waals surface area contributed by atoms with E-state index in [1.165, 1.54) is 59.8 Å². The molecule has 2 heterocycles. The van der Waals surface area contributed by atoms with Crippen molar-refractivity contribution in [1.29, 1.82) is 0 Å². The summed E-state index contributed by atoms with van der Waals surface area (Å²) in [6.07, 6.45) is 4.15. The Labute approximate surface area is 134 Å². The number of hydrogen-bond donors (Lipinski definition) is 0. The van der Waals surface area contributed by atoms with E-state index in [-0.39, 0.29) is 0 Å². The summed E-state index contributed by atoms with van der Waals surface area (Å²) < 4.78 is 1.19. The molecule has 2 aromatic carbocycles. The summed E-state index contributed by atoms with van der Waals surface area (Å²) >= 11 is 3.68. The molecule has 1 atom stereocenters. The molecule has 0 bridgehead atoms. The minimum Gasteiger partial charge on any atom is -0.368 e. The van der Waals surface area contributed by atoms with Crippen molar-refractivity contribution in [2.75, 3.05) is 31.1 Å². The number of halogens is 1. The molecule has 0 radical (unpaired) electrons. The fraction of sp³-hybridized carbons (Fsp3) is 0.444. The molecule has 2 aliphatic heterocycles. The fourth-order valence-corrected chi connectivity index (χ4v) is 4.37. The monoisotopic (exact) mass is 344 g/mol. The Morgan fingerprint density at radius 2 is 1.76 bits per heavy atom. The molecule has 3 heteroatoms. The molecule has 0 N–H and O–H groups in total. The van der Waals surface area contributed by atoms with Crippen molar-refractivity contribution in [1.82, 2.24) is 4.90 Å². The Kier molecular flexibility index (Phi) is 3.64. The number of fused-ring (bicyclic) bond motifs is 2. The first-order valence-electron chi connectivity index (χ1n) is 7.99. The second-order valence-electron chi connectivity index (χ2n) is 6.24. The summed E-state index contributed by atoms with van der Waals surface area (Å²) in [5.74, 6) is 0. The smallest absolute Gasteiger partial charge is 0.0447 e. The second-order valence-corrected chi connectivity index (χ2v) is 7.10. The van der Waals surface area contributed by atoms with Crippen LogP contribution in [0, 0.1) is 0 Å². The van der Waals surface area contributed by atoms with E-state index in [1.807, 2.05) is 0 Å². The molecule has 2 aromatic rings. The van der Waals surface area contributed by atoms with Crippen molar-refractivity contribution >= 4 is 32.4 Å². The van der Waals surface area contributed by atoms with E-state index in [0.29, 0.717) is 0 Å². The second kappa shape index (κ2) is 5.62. The molecule has 2 fully saturated rings. The SMILES string of the molecule is Brc1ccc(N2CCN3CCCCC3C2)c2ccccc12.